The van der Waals surface area contributed by atoms with Gasteiger partial charge in [-0.3, -0.25) is 9.48 Å². The van der Waals surface area contributed by atoms with Crippen molar-refractivity contribution in [1.82, 2.24) is 15.1 Å². The highest BCUT2D eigenvalue weighted by atomic mass is 35.5. The molecule has 3 rings (SSSR count). The summed E-state index contributed by atoms with van der Waals surface area (Å²) in [6.45, 7) is 0.831. The van der Waals surface area contributed by atoms with Gasteiger partial charge < -0.3 is 10.1 Å². The third-order valence-electron chi connectivity index (χ3n) is 4.01. The highest BCUT2D eigenvalue weighted by Gasteiger charge is 2.10. The fourth-order valence-electron chi connectivity index (χ4n) is 2.53. The summed E-state index contributed by atoms with van der Waals surface area (Å²) in [7, 11) is 1.34. The van der Waals surface area contributed by atoms with Crippen molar-refractivity contribution in [2.45, 2.75) is 13.1 Å². The summed E-state index contributed by atoms with van der Waals surface area (Å²) in [5.74, 6) is -0.617. The maximum absolute atomic E-state index is 12.3. The van der Waals surface area contributed by atoms with Gasteiger partial charge in [0, 0.05) is 17.8 Å². The van der Waals surface area contributed by atoms with Crippen LogP contribution < -0.4 is 5.32 Å². The number of amides is 1. The third-order valence-corrected chi connectivity index (χ3v) is 4.38. The predicted octanol–water partition coefficient (Wildman–Crippen LogP) is 3.30. The molecule has 0 radical (unpaired) electrons. The molecular formula is C20H18ClN3O3. The molecule has 0 unspecified atom stereocenters. The molecule has 2 aromatic carbocycles. The number of nitrogens with zero attached hydrogens (tertiary/aromatic N) is 2. The second-order valence-electron chi connectivity index (χ2n) is 5.89. The summed E-state index contributed by atoms with van der Waals surface area (Å²) >= 11 is 6.15. The van der Waals surface area contributed by atoms with Crippen LogP contribution >= 0.6 is 11.6 Å². The number of ether oxygens (including phenoxy) is 1. The van der Waals surface area contributed by atoms with Crippen molar-refractivity contribution >= 4 is 23.5 Å². The van der Waals surface area contributed by atoms with E-state index in [0.717, 1.165) is 11.1 Å². The molecule has 0 spiro atoms. The number of nitrogens with one attached hydrogen (secondary N) is 1. The summed E-state index contributed by atoms with van der Waals surface area (Å²) in [6, 6.07) is 14.4. The van der Waals surface area contributed by atoms with Crippen LogP contribution in [0.25, 0.3) is 0 Å². The van der Waals surface area contributed by atoms with Crippen LogP contribution in [0.2, 0.25) is 5.02 Å². The van der Waals surface area contributed by atoms with Crippen LogP contribution in [0.5, 0.6) is 0 Å². The van der Waals surface area contributed by atoms with E-state index in [-0.39, 0.29) is 5.91 Å². The van der Waals surface area contributed by atoms with E-state index in [1.807, 2.05) is 24.3 Å². The van der Waals surface area contributed by atoms with E-state index in [4.69, 9.17) is 11.6 Å². The van der Waals surface area contributed by atoms with Gasteiger partial charge in [-0.2, -0.15) is 5.10 Å². The molecule has 1 N–H and O–H groups in total. The van der Waals surface area contributed by atoms with Gasteiger partial charge in [0.15, 0.2) is 0 Å². The van der Waals surface area contributed by atoms with Crippen molar-refractivity contribution in [2.75, 3.05) is 7.11 Å². The average molecular weight is 384 g/mol. The van der Waals surface area contributed by atoms with Gasteiger partial charge in [-0.15, -0.1) is 0 Å². The van der Waals surface area contributed by atoms with Crippen molar-refractivity contribution in [3.8, 4) is 0 Å². The average Bonchev–Trinajstić information content (AvgIpc) is 3.16. The molecule has 3 aromatic rings. The molecule has 0 saturated heterocycles. The number of halogens is 1. The van der Waals surface area contributed by atoms with E-state index in [9.17, 15) is 9.59 Å². The molecule has 6 nitrogen and oxygen atoms in total. The van der Waals surface area contributed by atoms with E-state index in [1.165, 1.54) is 13.3 Å². The summed E-state index contributed by atoms with van der Waals surface area (Å²) in [5.41, 5.74) is 2.74. The lowest BCUT2D eigenvalue weighted by molar-refractivity contribution is 0.0600. The normalized spacial score (nSPS) is 10.4. The van der Waals surface area contributed by atoms with Crippen LogP contribution in [0.15, 0.2) is 60.9 Å². The van der Waals surface area contributed by atoms with E-state index in [1.54, 1.807) is 35.1 Å². The van der Waals surface area contributed by atoms with E-state index in [0.29, 0.717) is 29.2 Å². The molecule has 1 heterocycles. The number of methoxy groups -OCH3 is 1. The standard InChI is InChI=1S/C20H18ClN3O3/c1-27-20(26)15-8-6-14(7-9-15)10-22-19(25)17-11-23-24(13-17)12-16-4-2-3-5-18(16)21/h2-9,11,13H,10,12H2,1H3,(H,22,25). The second kappa shape index (κ2) is 8.51. The fourth-order valence-corrected chi connectivity index (χ4v) is 2.72. The molecule has 0 fully saturated rings. The minimum atomic E-state index is -0.392. The third kappa shape index (κ3) is 4.74. The van der Waals surface area contributed by atoms with E-state index >= 15 is 0 Å². The molecular weight excluding hydrogens is 366 g/mol. The monoisotopic (exact) mass is 383 g/mol. The molecule has 0 aliphatic rings. The lowest BCUT2D eigenvalue weighted by Crippen LogP contribution is -2.22. The second-order valence-corrected chi connectivity index (χ2v) is 6.30. The maximum atomic E-state index is 12.3. The van der Waals surface area contributed by atoms with Crippen molar-refractivity contribution in [3.05, 3.63) is 88.2 Å². The Morgan fingerprint density at radius 2 is 1.85 bits per heavy atom. The number of benzene rings is 2. The summed E-state index contributed by atoms with van der Waals surface area (Å²) in [5, 5.41) is 7.71. The van der Waals surface area contributed by atoms with Gasteiger partial charge >= 0.3 is 5.97 Å². The van der Waals surface area contributed by atoms with Crippen LogP contribution in [0.4, 0.5) is 0 Å². The van der Waals surface area contributed by atoms with Gasteiger partial charge in [-0.25, -0.2) is 4.79 Å². The topological polar surface area (TPSA) is 73.2 Å². The highest BCUT2D eigenvalue weighted by molar-refractivity contribution is 6.31. The van der Waals surface area contributed by atoms with Crippen LogP contribution in [-0.4, -0.2) is 28.8 Å². The Hall–Kier alpha value is -3.12. The summed E-state index contributed by atoms with van der Waals surface area (Å²) < 4.78 is 6.33. The SMILES string of the molecule is COC(=O)c1ccc(CNC(=O)c2cnn(Cc3ccccc3Cl)c2)cc1. The number of aromatic nitrogens is 2. The molecule has 0 bridgehead atoms. The molecule has 1 aromatic heterocycles. The molecule has 1 amide bonds. The van der Waals surface area contributed by atoms with Gasteiger partial charge in [0.25, 0.3) is 5.91 Å². The lowest BCUT2D eigenvalue weighted by atomic mass is 10.1. The molecule has 0 aliphatic heterocycles. The Bertz CT molecular complexity index is 951. The van der Waals surface area contributed by atoms with Gasteiger partial charge in [0.1, 0.15) is 0 Å². The van der Waals surface area contributed by atoms with Crippen molar-refractivity contribution in [2.24, 2.45) is 0 Å². The fraction of sp³-hybridized carbons (Fsp3) is 0.150. The Kier molecular flexibility index (Phi) is 5.88. The van der Waals surface area contributed by atoms with Crippen molar-refractivity contribution < 1.29 is 14.3 Å². The van der Waals surface area contributed by atoms with E-state index in [2.05, 4.69) is 15.2 Å². The smallest absolute Gasteiger partial charge is 0.337 e. The first-order valence-corrected chi connectivity index (χ1v) is 8.66. The molecule has 0 saturated carbocycles. The Balaban J connectivity index is 1.58. The predicted molar refractivity (Wildman–Crippen MR) is 102 cm³/mol. The highest BCUT2D eigenvalue weighted by Crippen LogP contribution is 2.16. The van der Waals surface area contributed by atoms with Crippen LogP contribution in [0.3, 0.4) is 0 Å². The first-order chi connectivity index (χ1) is 13.1. The van der Waals surface area contributed by atoms with Crippen LogP contribution in [0.1, 0.15) is 31.8 Å². The zero-order valence-electron chi connectivity index (χ0n) is 14.7. The Morgan fingerprint density at radius 1 is 1.11 bits per heavy atom. The van der Waals surface area contributed by atoms with Gasteiger partial charge in [0.05, 0.1) is 31.0 Å². The Labute approximate surface area is 161 Å². The molecule has 0 atom stereocenters. The summed E-state index contributed by atoms with van der Waals surface area (Å²) in [4.78, 5) is 23.7. The number of esters is 1. The van der Waals surface area contributed by atoms with Crippen LogP contribution in [-0.2, 0) is 17.8 Å². The number of hydrogen-bond donors (Lipinski definition) is 1. The maximum Gasteiger partial charge on any atom is 0.337 e. The number of carbonyl (C=O) groups is 2. The zero-order valence-corrected chi connectivity index (χ0v) is 15.4. The lowest BCUT2D eigenvalue weighted by Gasteiger charge is -2.05. The van der Waals surface area contributed by atoms with Crippen molar-refractivity contribution in [1.29, 1.82) is 0 Å². The largest absolute Gasteiger partial charge is 0.465 e. The first kappa shape index (κ1) is 18.7. The van der Waals surface area contributed by atoms with Gasteiger partial charge in [0.2, 0.25) is 0 Å². The minimum Gasteiger partial charge on any atom is -0.465 e. The zero-order chi connectivity index (χ0) is 19.2. The first-order valence-electron chi connectivity index (χ1n) is 8.28. The van der Waals surface area contributed by atoms with Gasteiger partial charge in [-0.1, -0.05) is 41.9 Å². The van der Waals surface area contributed by atoms with Crippen LogP contribution in [0, 0.1) is 0 Å². The number of carbonyl (C=O) groups excluding carboxylic acids is 2. The molecule has 0 aliphatic carbocycles. The van der Waals surface area contributed by atoms with Gasteiger partial charge in [-0.05, 0) is 29.3 Å². The van der Waals surface area contributed by atoms with Crippen molar-refractivity contribution in [3.63, 3.8) is 0 Å². The Morgan fingerprint density at radius 3 is 2.56 bits per heavy atom. The van der Waals surface area contributed by atoms with E-state index < -0.39 is 5.97 Å². The number of hydrogen-bond acceptors (Lipinski definition) is 4. The minimum absolute atomic E-state index is 0.225. The summed E-state index contributed by atoms with van der Waals surface area (Å²) in [6.07, 6.45) is 3.20. The number of rotatable bonds is 6. The quantitative estimate of drug-likeness (QED) is 0.663. The molecule has 7 heteroatoms. The molecule has 27 heavy (non-hydrogen) atoms. The molecule has 138 valence electrons.